The molecule has 27 heavy (non-hydrogen) atoms. The van der Waals surface area contributed by atoms with Crippen molar-refractivity contribution in [1.29, 1.82) is 0 Å². The van der Waals surface area contributed by atoms with Crippen LogP contribution in [0.25, 0.3) is 0 Å². The van der Waals surface area contributed by atoms with Crippen molar-refractivity contribution in [1.82, 2.24) is 16.0 Å². The first-order chi connectivity index (χ1) is 12.3. The quantitative estimate of drug-likeness (QED) is 0.340. The molecule has 0 bridgehead atoms. The summed E-state index contributed by atoms with van der Waals surface area (Å²) in [5.41, 5.74) is 2.25. The largest absolute Gasteiger partial charge is 0.372 e. The van der Waals surface area contributed by atoms with E-state index in [0.29, 0.717) is 5.96 Å². The van der Waals surface area contributed by atoms with E-state index in [1.165, 1.54) is 24.1 Å². The van der Waals surface area contributed by atoms with Crippen LogP contribution in [0.4, 0.5) is 5.69 Å². The second-order valence-electron chi connectivity index (χ2n) is 7.88. The summed E-state index contributed by atoms with van der Waals surface area (Å²) in [5.74, 6) is 0.567. The van der Waals surface area contributed by atoms with Crippen LogP contribution < -0.4 is 20.9 Å². The number of aliphatic imine (C=N–C) groups is 1. The minimum Gasteiger partial charge on any atom is -0.372 e. The van der Waals surface area contributed by atoms with Crippen molar-refractivity contribution in [3.8, 4) is 0 Å². The molecule has 1 heterocycles. The number of benzene rings is 1. The first-order valence-corrected chi connectivity index (χ1v) is 9.41. The predicted octanol–water partition coefficient (Wildman–Crippen LogP) is 3.05. The summed E-state index contributed by atoms with van der Waals surface area (Å²) in [4.78, 5) is 18.6. The molecule has 1 fully saturated rings. The van der Waals surface area contributed by atoms with Crippen LogP contribution in [0, 0.1) is 0 Å². The molecule has 0 aromatic heterocycles. The molecular formula is C20H34IN5O. The maximum Gasteiger partial charge on any atom is 0.239 e. The Morgan fingerprint density at radius 2 is 1.93 bits per heavy atom. The second-order valence-corrected chi connectivity index (χ2v) is 7.88. The van der Waals surface area contributed by atoms with Crippen molar-refractivity contribution < 1.29 is 4.79 Å². The fraction of sp³-hybridized carbons (Fsp3) is 0.600. The van der Waals surface area contributed by atoms with Gasteiger partial charge in [0.15, 0.2) is 5.96 Å². The van der Waals surface area contributed by atoms with Gasteiger partial charge in [-0.15, -0.1) is 24.0 Å². The zero-order chi connectivity index (χ0) is 19.2. The standard InChI is InChI=1S/C20H33N5O.HI/c1-15(16-9-8-10-17(13-16)25-11-6-7-12-25)23-19(21-5)22-14-18(26)24-20(2,3)4;/h8-10,13,15H,6-7,11-12,14H2,1-5H3,(H,24,26)(H2,21,22,23);1H. The van der Waals surface area contributed by atoms with Crippen LogP contribution in [-0.2, 0) is 4.79 Å². The summed E-state index contributed by atoms with van der Waals surface area (Å²) in [6.07, 6.45) is 2.54. The lowest BCUT2D eigenvalue weighted by molar-refractivity contribution is -0.121. The van der Waals surface area contributed by atoms with E-state index in [9.17, 15) is 4.79 Å². The summed E-state index contributed by atoms with van der Waals surface area (Å²) in [6, 6.07) is 8.73. The minimum absolute atomic E-state index is 0. The first kappa shape index (κ1) is 23.5. The van der Waals surface area contributed by atoms with E-state index in [0.717, 1.165) is 13.1 Å². The van der Waals surface area contributed by atoms with Crippen molar-refractivity contribution in [2.75, 3.05) is 31.6 Å². The minimum atomic E-state index is -0.237. The Morgan fingerprint density at radius 1 is 1.26 bits per heavy atom. The molecule has 1 aliphatic rings. The molecule has 6 nitrogen and oxygen atoms in total. The summed E-state index contributed by atoms with van der Waals surface area (Å²) >= 11 is 0. The van der Waals surface area contributed by atoms with Crippen LogP contribution in [0.5, 0.6) is 0 Å². The number of nitrogens with one attached hydrogen (secondary N) is 3. The van der Waals surface area contributed by atoms with Crippen LogP contribution in [0.15, 0.2) is 29.3 Å². The number of anilines is 1. The van der Waals surface area contributed by atoms with E-state index in [4.69, 9.17) is 0 Å². The van der Waals surface area contributed by atoms with E-state index >= 15 is 0 Å². The Labute approximate surface area is 180 Å². The van der Waals surface area contributed by atoms with Crippen molar-refractivity contribution in [3.63, 3.8) is 0 Å². The van der Waals surface area contributed by atoms with Gasteiger partial charge in [-0.05, 0) is 58.2 Å². The lowest BCUT2D eigenvalue weighted by Gasteiger charge is -2.23. The van der Waals surface area contributed by atoms with Gasteiger partial charge >= 0.3 is 0 Å². The molecule has 0 radical (unpaired) electrons. The third-order valence-corrected chi connectivity index (χ3v) is 4.35. The Hall–Kier alpha value is -1.51. The number of guanidine groups is 1. The van der Waals surface area contributed by atoms with Gasteiger partial charge in [-0.2, -0.15) is 0 Å². The van der Waals surface area contributed by atoms with Gasteiger partial charge in [0, 0.05) is 31.4 Å². The van der Waals surface area contributed by atoms with Gasteiger partial charge in [0.05, 0.1) is 12.6 Å². The highest BCUT2D eigenvalue weighted by atomic mass is 127. The van der Waals surface area contributed by atoms with E-state index in [2.05, 4.69) is 57.0 Å². The SMILES string of the molecule is CN=C(NCC(=O)NC(C)(C)C)NC(C)c1cccc(N2CCCC2)c1.I. The topological polar surface area (TPSA) is 68.8 Å². The second kappa shape index (κ2) is 10.7. The normalized spacial score (nSPS) is 15.7. The van der Waals surface area contributed by atoms with Gasteiger partial charge in [-0.1, -0.05) is 12.1 Å². The number of halogens is 1. The molecule has 2 rings (SSSR count). The number of carbonyl (C=O) groups excluding carboxylic acids is 1. The molecule has 0 saturated carbocycles. The summed E-state index contributed by atoms with van der Waals surface area (Å²) in [5, 5.41) is 9.37. The Morgan fingerprint density at radius 3 is 2.52 bits per heavy atom. The molecule has 1 amide bonds. The highest BCUT2D eigenvalue weighted by Gasteiger charge is 2.16. The fourth-order valence-electron chi connectivity index (χ4n) is 3.08. The summed E-state index contributed by atoms with van der Waals surface area (Å²) < 4.78 is 0. The number of nitrogens with zero attached hydrogens (tertiary/aromatic N) is 2. The van der Waals surface area contributed by atoms with Crippen LogP contribution in [0.3, 0.4) is 0 Å². The molecule has 0 aliphatic carbocycles. The fourth-order valence-corrected chi connectivity index (χ4v) is 3.08. The van der Waals surface area contributed by atoms with Crippen LogP contribution >= 0.6 is 24.0 Å². The smallest absolute Gasteiger partial charge is 0.239 e. The third kappa shape index (κ3) is 7.94. The molecule has 3 N–H and O–H groups in total. The van der Waals surface area contributed by atoms with Gasteiger partial charge in [-0.3, -0.25) is 9.79 Å². The van der Waals surface area contributed by atoms with Crippen LogP contribution in [0.2, 0.25) is 0 Å². The van der Waals surface area contributed by atoms with Crippen molar-refractivity contribution >= 4 is 41.5 Å². The number of carbonyl (C=O) groups is 1. The summed E-state index contributed by atoms with van der Waals surface area (Å²) in [6.45, 7) is 10.5. The van der Waals surface area contributed by atoms with Gasteiger partial charge in [0.25, 0.3) is 0 Å². The number of hydrogen-bond donors (Lipinski definition) is 3. The molecule has 1 aliphatic heterocycles. The molecule has 1 unspecified atom stereocenters. The van der Waals surface area contributed by atoms with Gasteiger partial charge in [0.1, 0.15) is 0 Å². The molecule has 1 aromatic rings. The first-order valence-electron chi connectivity index (χ1n) is 9.41. The van der Waals surface area contributed by atoms with E-state index in [1.54, 1.807) is 7.05 Å². The van der Waals surface area contributed by atoms with Crippen molar-refractivity contribution in [2.24, 2.45) is 4.99 Å². The number of amides is 1. The lowest BCUT2D eigenvalue weighted by Crippen LogP contribution is -2.48. The van der Waals surface area contributed by atoms with Crippen molar-refractivity contribution in [2.45, 2.75) is 52.1 Å². The third-order valence-electron chi connectivity index (χ3n) is 4.35. The zero-order valence-corrected chi connectivity index (χ0v) is 19.5. The average molecular weight is 487 g/mol. The van der Waals surface area contributed by atoms with Gasteiger partial charge < -0.3 is 20.9 Å². The van der Waals surface area contributed by atoms with E-state index in [1.807, 2.05) is 20.8 Å². The molecule has 7 heteroatoms. The molecule has 1 atom stereocenters. The van der Waals surface area contributed by atoms with Gasteiger partial charge in [0.2, 0.25) is 5.91 Å². The molecular weight excluding hydrogens is 453 g/mol. The Balaban J connectivity index is 0.00000364. The van der Waals surface area contributed by atoms with E-state index < -0.39 is 0 Å². The molecule has 1 aromatic carbocycles. The highest BCUT2D eigenvalue weighted by molar-refractivity contribution is 14.0. The zero-order valence-electron chi connectivity index (χ0n) is 17.1. The number of hydrogen-bond acceptors (Lipinski definition) is 3. The monoisotopic (exact) mass is 487 g/mol. The predicted molar refractivity (Wildman–Crippen MR) is 124 cm³/mol. The Bertz CT molecular complexity index is 636. The maximum absolute atomic E-state index is 12.0. The van der Waals surface area contributed by atoms with Crippen LogP contribution in [-0.4, -0.2) is 44.1 Å². The highest BCUT2D eigenvalue weighted by Crippen LogP contribution is 2.23. The van der Waals surface area contributed by atoms with Crippen LogP contribution in [0.1, 0.15) is 52.1 Å². The van der Waals surface area contributed by atoms with Gasteiger partial charge in [-0.25, -0.2) is 0 Å². The summed E-state index contributed by atoms with van der Waals surface area (Å²) in [7, 11) is 1.71. The average Bonchev–Trinajstić information content (AvgIpc) is 3.11. The number of rotatable bonds is 5. The Kier molecular flexibility index (Phi) is 9.35. The maximum atomic E-state index is 12.0. The molecule has 152 valence electrons. The van der Waals surface area contributed by atoms with Crippen molar-refractivity contribution in [3.05, 3.63) is 29.8 Å². The molecule has 1 saturated heterocycles. The molecule has 0 spiro atoms. The van der Waals surface area contributed by atoms with E-state index in [-0.39, 0.29) is 48.0 Å². The lowest BCUT2D eigenvalue weighted by atomic mass is 10.1.